The summed E-state index contributed by atoms with van der Waals surface area (Å²) in [5.74, 6) is -0.976. The van der Waals surface area contributed by atoms with Gasteiger partial charge in [-0.1, -0.05) is 35.3 Å². The minimum atomic E-state index is -0.386. The molecule has 0 atom stereocenters. The van der Waals surface area contributed by atoms with Crippen molar-refractivity contribution in [2.75, 3.05) is 13.1 Å². The minimum absolute atomic E-state index is 0.194. The molecule has 30 heavy (non-hydrogen) atoms. The van der Waals surface area contributed by atoms with Gasteiger partial charge in [0.15, 0.2) is 0 Å². The summed E-state index contributed by atoms with van der Waals surface area (Å²) < 4.78 is 14.5. The van der Waals surface area contributed by atoms with E-state index in [4.69, 9.17) is 23.2 Å². The number of carbonyl (C=O) groups excluding carboxylic acids is 2. The van der Waals surface area contributed by atoms with Crippen LogP contribution in [0.2, 0.25) is 10.2 Å². The summed E-state index contributed by atoms with van der Waals surface area (Å²) in [5, 5.41) is 10.5. The molecule has 9 heteroatoms. The molecule has 0 radical (unpaired) electrons. The van der Waals surface area contributed by atoms with Gasteiger partial charge in [-0.05, 0) is 48.9 Å². The van der Waals surface area contributed by atoms with Crippen LogP contribution < -0.4 is 10.6 Å². The Kier molecular flexibility index (Phi) is 7.07. The Morgan fingerprint density at radius 3 is 2.20 bits per heavy atom. The van der Waals surface area contributed by atoms with Crippen LogP contribution in [0.3, 0.4) is 0 Å². The van der Waals surface area contributed by atoms with Crippen LogP contribution in [0.5, 0.6) is 0 Å². The Bertz CT molecular complexity index is 1050. The molecule has 1 aromatic heterocycles. The molecular formula is C21H19Cl2FN4O2. The Morgan fingerprint density at radius 1 is 0.967 bits per heavy atom. The van der Waals surface area contributed by atoms with E-state index in [9.17, 15) is 14.0 Å². The second kappa shape index (κ2) is 9.73. The summed E-state index contributed by atoms with van der Waals surface area (Å²) in [6, 6.07) is 12.5. The zero-order valence-corrected chi connectivity index (χ0v) is 17.6. The largest absolute Gasteiger partial charge is 0.350 e. The van der Waals surface area contributed by atoms with Gasteiger partial charge in [0.05, 0.1) is 17.8 Å². The second-order valence-electron chi connectivity index (χ2n) is 6.55. The molecule has 0 unspecified atom stereocenters. The predicted octanol–water partition coefficient (Wildman–Crippen LogP) is 3.85. The summed E-state index contributed by atoms with van der Waals surface area (Å²) in [7, 11) is 0. The molecule has 0 bridgehead atoms. The fourth-order valence-corrected chi connectivity index (χ4v) is 3.27. The molecule has 3 rings (SSSR count). The maximum Gasteiger partial charge on any atom is 0.256 e. The van der Waals surface area contributed by atoms with E-state index in [0.29, 0.717) is 22.8 Å². The van der Waals surface area contributed by atoms with E-state index in [1.165, 1.54) is 16.8 Å². The molecule has 156 valence electrons. The van der Waals surface area contributed by atoms with Gasteiger partial charge in [-0.2, -0.15) is 5.10 Å². The molecule has 0 saturated heterocycles. The normalized spacial score (nSPS) is 10.7. The van der Waals surface area contributed by atoms with Gasteiger partial charge in [-0.3, -0.25) is 9.59 Å². The number of hydrogen-bond acceptors (Lipinski definition) is 3. The molecule has 2 aromatic carbocycles. The molecule has 0 saturated carbocycles. The smallest absolute Gasteiger partial charge is 0.256 e. The van der Waals surface area contributed by atoms with Crippen LogP contribution in [-0.4, -0.2) is 34.7 Å². The molecule has 0 aliphatic carbocycles. The van der Waals surface area contributed by atoms with Crippen LogP contribution in [0.4, 0.5) is 4.39 Å². The molecule has 2 N–H and O–H groups in total. The van der Waals surface area contributed by atoms with Gasteiger partial charge in [0.1, 0.15) is 11.0 Å². The lowest BCUT2D eigenvalue weighted by atomic mass is 10.2. The number of halogens is 3. The van der Waals surface area contributed by atoms with E-state index in [0.717, 1.165) is 5.56 Å². The number of nitrogens with zero attached hydrogens (tertiary/aromatic N) is 2. The third-order valence-corrected chi connectivity index (χ3v) is 4.98. The number of aromatic nitrogens is 2. The van der Waals surface area contributed by atoms with Crippen LogP contribution >= 0.6 is 23.2 Å². The van der Waals surface area contributed by atoms with Gasteiger partial charge in [0.25, 0.3) is 11.8 Å². The van der Waals surface area contributed by atoms with Crippen molar-refractivity contribution in [1.29, 1.82) is 0 Å². The fourth-order valence-electron chi connectivity index (χ4n) is 2.82. The van der Waals surface area contributed by atoms with Crippen molar-refractivity contribution < 1.29 is 14.0 Å². The zero-order valence-electron chi connectivity index (χ0n) is 16.1. The zero-order chi connectivity index (χ0) is 21.7. The molecule has 2 amide bonds. The topological polar surface area (TPSA) is 76.0 Å². The van der Waals surface area contributed by atoms with E-state index < -0.39 is 0 Å². The monoisotopic (exact) mass is 448 g/mol. The van der Waals surface area contributed by atoms with Gasteiger partial charge in [-0.25, -0.2) is 9.07 Å². The van der Waals surface area contributed by atoms with Crippen molar-refractivity contribution in [2.45, 2.75) is 13.5 Å². The van der Waals surface area contributed by atoms with Crippen LogP contribution in [0.25, 0.3) is 0 Å². The predicted molar refractivity (Wildman–Crippen MR) is 114 cm³/mol. The average molecular weight is 449 g/mol. The maximum absolute atomic E-state index is 13.1. The van der Waals surface area contributed by atoms with E-state index >= 15 is 0 Å². The quantitative estimate of drug-likeness (QED) is 0.539. The molecule has 1 heterocycles. The molecule has 0 spiro atoms. The Hall–Kier alpha value is -2.90. The lowest BCUT2D eigenvalue weighted by Gasteiger charge is -2.08. The first-order valence-corrected chi connectivity index (χ1v) is 9.90. The summed E-state index contributed by atoms with van der Waals surface area (Å²) in [6.07, 6.45) is 0. The van der Waals surface area contributed by atoms with E-state index in [1.54, 1.807) is 43.3 Å². The number of rotatable bonds is 7. The van der Waals surface area contributed by atoms with E-state index in [1.807, 2.05) is 0 Å². The highest BCUT2D eigenvalue weighted by Crippen LogP contribution is 2.21. The van der Waals surface area contributed by atoms with Gasteiger partial charge in [-0.15, -0.1) is 0 Å². The molecule has 6 nitrogen and oxygen atoms in total. The summed E-state index contributed by atoms with van der Waals surface area (Å²) >= 11 is 12.1. The number of carbonyl (C=O) groups is 2. The molecule has 0 aliphatic heterocycles. The number of hydrogen-bond donors (Lipinski definition) is 2. The van der Waals surface area contributed by atoms with E-state index in [-0.39, 0.29) is 41.4 Å². The number of aryl methyl sites for hydroxylation is 1. The SMILES string of the molecule is Cc1nn(Cc2ccc(F)cc2)c(Cl)c1C(=O)NCCNC(=O)c1ccc(Cl)cc1. The second-order valence-corrected chi connectivity index (χ2v) is 7.35. The Balaban J connectivity index is 1.55. The number of nitrogens with one attached hydrogen (secondary N) is 2. The van der Waals surface area contributed by atoms with E-state index in [2.05, 4.69) is 15.7 Å². The Labute approximate surface area is 183 Å². The standard InChI is InChI=1S/C21H19Cl2FN4O2/c1-13-18(19(23)28(27-13)12-14-2-8-17(24)9-3-14)21(30)26-11-10-25-20(29)15-4-6-16(22)7-5-15/h2-9H,10-12H2,1H3,(H,25,29)(H,26,30). The van der Waals surface area contributed by atoms with Crippen molar-refractivity contribution >= 4 is 35.0 Å². The van der Waals surface area contributed by atoms with Crippen molar-refractivity contribution in [3.05, 3.63) is 86.9 Å². The van der Waals surface area contributed by atoms with Gasteiger partial charge >= 0.3 is 0 Å². The van der Waals surface area contributed by atoms with Crippen LogP contribution in [-0.2, 0) is 6.54 Å². The summed E-state index contributed by atoms with van der Waals surface area (Å²) in [5.41, 5.74) is 2.02. The molecule has 0 fully saturated rings. The maximum atomic E-state index is 13.1. The van der Waals surface area contributed by atoms with Gasteiger partial charge in [0.2, 0.25) is 0 Å². The fraction of sp³-hybridized carbons (Fsp3) is 0.190. The summed E-state index contributed by atoms with van der Waals surface area (Å²) in [6.45, 7) is 2.46. The third-order valence-electron chi connectivity index (χ3n) is 4.34. The van der Waals surface area contributed by atoms with Crippen LogP contribution in [0.1, 0.15) is 32.0 Å². The van der Waals surface area contributed by atoms with Crippen molar-refractivity contribution in [3.63, 3.8) is 0 Å². The first-order valence-electron chi connectivity index (χ1n) is 9.14. The third kappa shape index (κ3) is 5.37. The molecule has 0 aliphatic rings. The lowest BCUT2D eigenvalue weighted by molar-refractivity contribution is 0.0927. The lowest BCUT2D eigenvalue weighted by Crippen LogP contribution is -2.34. The first-order chi connectivity index (χ1) is 14.3. The van der Waals surface area contributed by atoms with Gasteiger partial charge in [0, 0.05) is 23.7 Å². The van der Waals surface area contributed by atoms with Crippen molar-refractivity contribution in [3.8, 4) is 0 Å². The first kappa shape index (κ1) is 21.8. The summed E-state index contributed by atoms with van der Waals surface area (Å²) in [4.78, 5) is 24.6. The van der Waals surface area contributed by atoms with Gasteiger partial charge < -0.3 is 10.6 Å². The average Bonchev–Trinajstić information content (AvgIpc) is 3.00. The highest BCUT2D eigenvalue weighted by atomic mass is 35.5. The van der Waals surface area contributed by atoms with Crippen molar-refractivity contribution in [2.24, 2.45) is 0 Å². The van der Waals surface area contributed by atoms with Crippen molar-refractivity contribution in [1.82, 2.24) is 20.4 Å². The molecule has 3 aromatic rings. The molecular weight excluding hydrogens is 430 g/mol. The van der Waals surface area contributed by atoms with Crippen LogP contribution in [0, 0.1) is 12.7 Å². The highest BCUT2D eigenvalue weighted by molar-refractivity contribution is 6.33. The highest BCUT2D eigenvalue weighted by Gasteiger charge is 2.20. The van der Waals surface area contributed by atoms with Crippen LogP contribution in [0.15, 0.2) is 48.5 Å². The minimum Gasteiger partial charge on any atom is -0.350 e. The Morgan fingerprint density at radius 2 is 1.57 bits per heavy atom. The number of benzene rings is 2. The number of amides is 2.